The molecule has 0 aliphatic heterocycles. The van der Waals surface area contributed by atoms with Crippen LogP contribution < -0.4 is 16.1 Å². The van der Waals surface area contributed by atoms with Gasteiger partial charge in [0.05, 0.1) is 36.4 Å². The Kier molecular flexibility index (Phi) is 11.0. The third-order valence-corrected chi connectivity index (χ3v) is 4.73. The van der Waals surface area contributed by atoms with E-state index in [1.54, 1.807) is 0 Å². The smallest absolute Gasteiger partial charge is 0.277 e. The largest absolute Gasteiger partial charge is 0.394 e. The number of nitrogens with zero attached hydrogens (tertiary/aromatic N) is 1. The highest BCUT2D eigenvalue weighted by atomic mass is 127. The van der Waals surface area contributed by atoms with Crippen molar-refractivity contribution in [2.24, 2.45) is 5.16 Å². The van der Waals surface area contributed by atoms with Crippen LogP contribution in [0, 0.1) is 21.0 Å². The number of carbonyl (C=O) groups excluding carboxylic acids is 2. The quantitative estimate of drug-likeness (QED) is 0.130. The SMILES string of the molecule is CCCNC(=O)CON=Cc1cc(C(=O)NOCCO)c(Nc2ccc(I)cc2F)c(F)c1F. The number of nitrogens with one attached hydrogen (secondary N) is 3. The molecule has 2 rings (SSSR count). The van der Waals surface area contributed by atoms with E-state index < -0.39 is 59.3 Å². The first-order valence-electron chi connectivity index (χ1n) is 9.97. The number of anilines is 2. The van der Waals surface area contributed by atoms with Gasteiger partial charge in [0.15, 0.2) is 18.2 Å². The van der Waals surface area contributed by atoms with E-state index in [-0.39, 0.29) is 12.3 Å². The molecule has 2 amide bonds. The van der Waals surface area contributed by atoms with Crippen LogP contribution in [-0.2, 0) is 14.5 Å². The van der Waals surface area contributed by atoms with E-state index in [1.165, 1.54) is 12.1 Å². The van der Waals surface area contributed by atoms with Gasteiger partial charge in [-0.15, -0.1) is 0 Å². The number of hydroxylamine groups is 1. The van der Waals surface area contributed by atoms with E-state index in [2.05, 4.69) is 15.8 Å². The number of aliphatic hydroxyl groups is 1. The van der Waals surface area contributed by atoms with Gasteiger partial charge in [0.2, 0.25) is 0 Å². The topological polar surface area (TPSA) is 121 Å². The number of carbonyl (C=O) groups is 2. The number of rotatable bonds is 12. The van der Waals surface area contributed by atoms with Crippen LogP contribution >= 0.6 is 22.6 Å². The molecule has 0 atom stereocenters. The summed E-state index contributed by atoms with van der Waals surface area (Å²) >= 11 is 1.88. The fourth-order valence-electron chi connectivity index (χ4n) is 2.49. The van der Waals surface area contributed by atoms with Gasteiger partial charge in [-0.3, -0.25) is 14.4 Å². The van der Waals surface area contributed by atoms with Crippen LogP contribution in [0.2, 0.25) is 0 Å². The first kappa shape index (κ1) is 27.3. The fraction of sp³-hybridized carbons (Fsp3) is 0.286. The summed E-state index contributed by atoms with van der Waals surface area (Å²) in [6.45, 7) is 1.20. The first-order valence-corrected chi connectivity index (χ1v) is 11.0. The lowest BCUT2D eigenvalue weighted by atomic mass is 10.1. The lowest BCUT2D eigenvalue weighted by molar-refractivity contribution is -0.125. The van der Waals surface area contributed by atoms with Crippen LogP contribution in [0.25, 0.3) is 0 Å². The van der Waals surface area contributed by atoms with Gasteiger partial charge in [0.25, 0.3) is 11.8 Å². The lowest BCUT2D eigenvalue weighted by Gasteiger charge is -2.15. The number of hydrogen-bond acceptors (Lipinski definition) is 7. The Hall–Kier alpha value is -2.91. The van der Waals surface area contributed by atoms with Gasteiger partial charge in [-0.05, 0) is 53.3 Å². The van der Waals surface area contributed by atoms with Crippen molar-refractivity contribution in [2.45, 2.75) is 13.3 Å². The number of hydrogen-bond donors (Lipinski definition) is 4. The second-order valence-electron chi connectivity index (χ2n) is 6.63. The van der Waals surface area contributed by atoms with Gasteiger partial charge < -0.3 is 20.6 Å². The Labute approximate surface area is 206 Å². The molecule has 2 aromatic rings. The molecule has 0 saturated heterocycles. The van der Waals surface area contributed by atoms with Crippen molar-refractivity contribution in [3.63, 3.8) is 0 Å². The summed E-state index contributed by atoms with van der Waals surface area (Å²) in [4.78, 5) is 33.5. The summed E-state index contributed by atoms with van der Waals surface area (Å²) in [5, 5.41) is 17.2. The van der Waals surface area contributed by atoms with Crippen LogP contribution in [0.4, 0.5) is 24.5 Å². The van der Waals surface area contributed by atoms with Crippen LogP contribution in [-0.4, -0.2) is 49.5 Å². The molecule has 0 aliphatic rings. The van der Waals surface area contributed by atoms with Crippen molar-refractivity contribution in [3.05, 3.63) is 56.4 Å². The number of aliphatic hydroxyl groups excluding tert-OH is 1. The maximum atomic E-state index is 15.0. The molecular weight excluding hydrogens is 572 g/mol. The van der Waals surface area contributed by atoms with Crippen molar-refractivity contribution in [1.29, 1.82) is 0 Å². The van der Waals surface area contributed by atoms with Gasteiger partial charge >= 0.3 is 0 Å². The Bertz CT molecular complexity index is 1060. The molecule has 2 aromatic carbocycles. The average molecular weight is 594 g/mol. The monoisotopic (exact) mass is 594 g/mol. The number of oxime groups is 1. The van der Waals surface area contributed by atoms with Crippen LogP contribution in [0.15, 0.2) is 29.4 Å². The lowest BCUT2D eigenvalue weighted by Crippen LogP contribution is -2.27. The highest BCUT2D eigenvalue weighted by molar-refractivity contribution is 14.1. The summed E-state index contributed by atoms with van der Waals surface area (Å²) in [6.07, 6.45) is 1.50. The molecule has 0 aliphatic carbocycles. The molecule has 184 valence electrons. The summed E-state index contributed by atoms with van der Waals surface area (Å²) in [5.41, 5.74) is 0.192. The first-order chi connectivity index (χ1) is 16.3. The van der Waals surface area contributed by atoms with Crippen molar-refractivity contribution in [1.82, 2.24) is 10.8 Å². The van der Waals surface area contributed by atoms with E-state index in [9.17, 15) is 22.8 Å². The minimum absolute atomic E-state index is 0.202. The summed E-state index contributed by atoms with van der Waals surface area (Å²) in [5.74, 6) is -5.10. The van der Waals surface area contributed by atoms with Gasteiger partial charge in [-0.25, -0.2) is 18.7 Å². The molecular formula is C21H22F3IN4O5. The normalized spacial score (nSPS) is 10.9. The molecule has 0 aromatic heterocycles. The highest BCUT2D eigenvalue weighted by Crippen LogP contribution is 2.30. The summed E-state index contributed by atoms with van der Waals surface area (Å²) in [7, 11) is 0. The van der Waals surface area contributed by atoms with E-state index in [1.807, 2.05) is 35.0 Å². The predicted octanol–water partition coefficient (Wildman–Crippen LogP) is 2.98. The molecule has 0 spiro atoms. The van der Waals surface area contributed by atoms with Crippen molar-refractivity contribution in [3.8, 4) is 0 Å². The number of amides is 2. The molecule has 34 heavy (non-hydrogen) atoms. The Balaban J connectivity index is 2.35. The second kappa shape index (κ2) is 13.7. The van der Waals surface area contributed by atoms with E-state index in [0.717, 1.165) is 24.8 Å². The highest BCUT2D eigenvalue weighted by Gasteiger charge is 2.23. The number of benzene rings is 2. The van der Waals surface area contributed by atoms with Crippen LogP contribution in [0.5, 0.6) is 0 Å². The predicted molar refractivity (Wildman–Crippen MR) is 126 cm³/mol. The maximum Gasteiger partial charge on any atom is 0.277 e. The average Bonchev–Trinajstić information content (AvgIpc) is 2.81. The molecule has 13 heteroatoms. The molecule has 0 unspecified atom stereocenters. The fourth-order valence-corrected chi connectivity index (χ4v) is 2.94. The summed E-state index contributed by atoms with van der Waals surface area (Å²) in [6, 6.07) is 4.92. The van der Waals surface area contributed by atoms with E-state index >= 15 is 0 Å². The van der Waals surface area contributed by atoms with Crippen LogP contribution in [0.3, 0.4) is 0 Å². The molecule has 0 saturated carbocycles. The molecule has 4 N–H and O–H groups in total. The Morgan fingerprint density at radius 2 is 1.97 bits per heavy atom. The Morgan fingerprint density at radius 3 is 2.65 bits per heavy atom. The molecule has 0 bridgehead atoms. The molecule has 9 nitrogen and oxygen atoms in total. The maximum absolute atomic E-state index is 15.0. The van der Waals surface area contributed by atoms with Gasteiger partial charge in [0.1, 0.15) is 5.82 Å². The zero-order valence-electron chi connectivity index (χ0n) is 18.0. The molecule has 0 heterocycles. The second-order valence-corrected chi connectivity index (χ2v) is 7.87. The summed E-state index contributed by atoms with van der Waals surface area (Å²) < 4.78 is 44.5. The van der Waals surface area contributed by atoms with Gasteiger partial charge in [0, 0.05) is 15.7 Å². The van der Waals surface area contributed by atoms with E-state index in [0.29, 0.717) is 10.1 Å². The number of halogens is 4. The standard InChI is InChI=1S/C21H22F3IN4O5/c1-2-5-26-17(31)11-34-27-10-12-8-14(21(32)29-33-7-6-30)20(19(24)18(12)23)28-16-4-3-13(25)9-15(16)22/h3-4,8-10,28,30H,2,5-7,11H2,1H3,(H,26,31)(H,29,32). The van der Waals surface area contributed by atoms with Gasteiger partial charge in [-0.1, -0.05) is 12.1 Å². The third-order valence-electron chi connectivity index (χ3n) is 4.06. The van der Waals surface area contributed by atoms with E-state index in [4.69, 9.17) is 14.8 Å². The van der Waals surface area contributed by atoms with Gasteiger partial charge in [-0.2, -0.15) is 0 Å². The van der Waals surface area contributed by atoms with Crippen LogP contribution in [0.1, 0.15) is 29.3 Å². The zero-order valence-corrected chi connectivity index (χ0v) is 20.1. The molecule has 0 fully saturated rings. The minimum atomic E-state index is -1.49. The zero-order chi connectivity index (χ0) is 25.1. The van der Waals surface area contributed by atoms with Crippen molar-refractivity contribution in [2.75, 3.05) is 31.7 Å². The van der Waals surface area contributed by atoms with Crippen molar-refractivity contribution >= 4 is 52.0 Å². The minimum Gasteiger partial charge on any atom is -0.394 e. The Morgan fingerprint density at radius 1 is 1.21 bits per heavy atom. The van der Waals surface area contributed by atoms with Crippen molar-refractivity contribution < 1.29 is 37.5 Å². The third kappa shape index (κ3) is 7.85. The molecule has 0 radical (unpaired) electrons.